The first-order chi connectivity index (χ1) is 10.0. The molecule has 0 spiro atoms. The average Bonchev–Trinajstić information content (AvgIpc) is 2.44. The van der Waals surface area contributed by atoms with Gasteiger partial charge in [-0.2, -0.15) is 0 Å². The second-order valence-electron chi connectivity index (χ2n) is 5.26. The van der Waals surface area contributed by atoms with Crippen LogP contribution in [-0.2, 0) is 9.53 Å². The normalized spacial score (nSPS) is 12.1. The van der Waals surface area contributed by atoms with E-state index in [-0.39, 0.29) is 18.6 Å². The predicted octanol–water partition coefficient (Wildman–Crippen LogP) is 4.35. The van der Waals surface area contributed by atoms with Gasteiger partial charge in [0.15, 0.2) is 0 Å². The standard InChI is InChI=1S/C16H25BrN2O2/c1-3-4-5-6-7-12(2)21-11-16(20)19-15-9-8-13(18)10-14(15)17/h8-10,12H,3-7,11,18H2,1-2H3,(H,19,20). The van der Waals surface area contributed by atoms with Crippen molar-refractivity contribution in [3.05, 3.63) is 22.7 Å². The Labute approximate surface area is 135 Å². The molecule has 0 fully saturated rings. The molecular formula is C16H25BrN2O2. The maximum absolute atomic E-state index is 11.8. The largest absolute Gasteiger partial charge is 0.399 e. The zero-order valence-electron chi connectivity index (χ0n) is 12.8. The van der Waals surface area contributed by atoms with Crippen LogP contribution in [0.5, 0.6) is 0 Å². The summed E-state index contributed by atoms with van der Waals surface area (Å²) in [4.78, 5) is 11.8. The molecule has 4 nitrogen and oxygen atoms in total. The molecule has 1 rings (SSSR count). The number of unbranched alkanes of at least 4 members (excludes halogenated alkanes) is 3. The Morgan fingerprint density at radius 2 is 2.14 bits per heavy atom. The molecule has 21 heavy (non-hydrogen) atoms. The zero-order chi connectivity index (χ0) is 15.7. The summed E-state index contributed by atoms with van der Waals surface area (Å²) < 4.78 is 6.33. The van der Waals surface area contributed by atoms with Gasteiger partial charge in [-0.05, 0) is 47.5 Å². The monoisotopic (exact) mass is 356 g/mol. The number of benzene rings is 1. The van der Waals surface area contributed by atoms with Gasteiger partial charge in [0.25, 0.3) is 0 Å². The number of ether oxygens (including phenoxy) is 1. The number of amides is 1. The number of rotatable bonds is 9. The van der Waals surface area contributed by atoms with Gasteiger partial charge >= 0.3 is 0 Å². The second kappa shape index (κ2) is 9.79. The van der Waals surface area contributed by atoms with Crippen molar-refractivity contribution in [3.63, 3.8) is 0 Å². The van der Waals surface area contributed by atoms with Gasteiger partial charge in [0.05, 0.1) is 11.8 Å². The minimum Gasteiger partial charge on any atom is -0.399 e. The summed E-state index contributed by atoms with van der Waals surface area (Å²) in [5.74, 6) is -0.152. The van der Waals surface area contributed by atoms with Gasteiger partial charge in [-0.1, -0.05) is 32.6 Å². The van der Waals surface area contributed by atoms with E-state index < -0.39 is 0 Å². The molecule has 1 unspecified atom stereocenters. The predicted molar refractivity (Wildman–Crippen MR) is 91.4 cm³/mol. The van der Waals surface area contributed by atoms with Crippen molar-refractivity contribution < 1.29 is 9.53 Å². The van der Waals surface area contributed by atoms with Gasteiger partial charge in [-0.15, -0.1) is 0 Å². The highest BCUT2D eigenvalue weighted by atomic mass is 79.9. The number of halogens is 1. The van der Waals surface area contributed by atoms with Crippen molar-refractivity contribution in [2.75, 3.05) is 17.7 Å². The van der Waals surface area contributed by atoms with Gasteiger partial charge in [-0.25, -0.2) is 0 Å². The summed E-state index contributed by atoms with van der Waals surface area (Å²) in [6, 6.07) is 5.27. The highest BCUT2D eigenvalue weighted by Crippen LogP contribution is 2.24. The Morgan fingerprint density at radius 3 is 2.81 bits per heavy atom. The summed E-state index contributed by atoms with van der Waals surface area (Å²) in [5.41, 5.74) is 7.01. The first-order valence-corrected chi connectivity index (χ1v) is 8.28. The maximum atomic E-state index is 11.8. The van der Waals surface area contributed by atoms with Crippen LogP contribution in [0, 0.1) is 0 Å². The molecule has 0 aliphatic carbocycles. The molecule has 0 bridgehead atoms. The van der Waals surface area contributed by atoms with Gasteiger partial charge in [0.2, 0.25) is 5.91 Å². The molecule has 0 saturated carbocycles. The van der Waals surface area contributed by atoms with E-state index in [4.69, 9.17) is 10.5 Å². The number of carbonyl (C=O) groups excluding carboxylic acids is 1. The fourth-order valence-electron chi connectivity index (χ4n) is 1.98. The number of anilines is 2. The minimum atomic E-state index is -0.152. The Morgan fingerprint density at radius 1 is 1.38 bits per heavy atom. The van der Waals surface area contributed by atoms with Crippen LogP contribution in [0.15, 0.2) is 22.7 Å². The molecule has 0 saturated heterocycles. The van der Waals surface area contributed by atoms with Crippen LogP contribution in [0.2, 0.25) is 0 Å². The summed E-state index contributed by atoms with van der Waals surface area (Å²) in [6.07, 6.45) is 5.99. The Bertz CT molecular complexity index is 452. The smallest absolute Gasteiger partial charge is 0.250 e. The van der Waals surface area contributed by atoms with E-state index in [1.54, 1.807) is 18.2 Å². The summed E-state index contributed by atoms with van der Waals surface area (Å²) in [7, 11) is 0. The molecule has 3 N–H and O–H groups in total. The fraction of sp³-hybridized carbons (Fsp3) is 0.562. The highest BCUT2D eigenvalue weighted by molar-refractivity contribution is 9.10. The van der Waals surface area contributed by atoms with Gasteiger partial charge in [-0.3, -0.25) is 4.79 Å². The third kappa shape index (κ3) is 7.48. The van der Waals surface area contributed by atoms with E-state index >= 15 is 0 Å². The lowest BCUT2D eigenvalue weighted by molar-refractivity contribution is -0.122. The first kappa shape index (κ1) is 18.0. The van der Waals surface area contributed by atoms with E-state index in [2.05, 4.69) is 28.2 Å². The summed E-state index contributed by atoms with van der Waals surface area (Å²) >= 11 is 3.37. The van der Waals surface area contributed by atoms with Crippen molar-refractivity contribution >= 4 is 33.2 Å². The number of nitrogens with two attached hydrogens (primary N) is 1. The van der Waals surface area contributed by atoms with E-state index in [1.807, 2.05) is 6.92 Å². The number of hydrogen-bond donors (Lipinski definition) is 2. The topological polar surface area (TPSA) is 64.3 Å². The van der Waals surface area contributed by atoms with Gasteiger partial charge in [0, 0.05) is 10.2 Å². The molecule has 1 aromatic rings. The zero-order valence-corrected chi connectivity index (χ0v) is 14.4. The molecule has 0 aliphatic rings. The van der Waals surface area contributed by atoms with Crippen molar-refractivity contribution in [1.82, 2.24) is 0 Å². The van der Waals surface area contributed by atoms with Crippen LogP contribution in [-0.4, -0.2) is 18.6 Å². The van der Waals surface area contributed by atoms with Gasteiger partial charge in [0.1, 0.15) is 6.61 Å². The van der Waals surface area contributed by atoms with Crippen LogP contribution in [0.3, 0.4) is 0 Å². The fourth-order valence-corrected chi connectivity index (χ4v) is 2.47. The van der Waals surface area contributed by atoms with Crippen LogP contribution in [0.1, 0.15) is 46.0 Å². The highest BCUT2D eigenvalue weighted by Gasteiger charge is 2.09. The van der Waals surface area contributed by atoms with Crippen molar-refractivity contribution in [1.29, 1.82) is 0 Å². The Kier molecular flexibility index (Phi) is 8.38. The van der Waals surface area contributed by atoms with Crippen LogP contribution in [0.4, 0.5) is 11.4 Å². The van der Waals surface area contributed by atoms with Crippen LogP contribution >= 0.6 is 15.9 Å². The lowest BCUT2D eigenvalue weighted by Crippen LogP contribution is -2.22. The first-order valence-electron chi connectivity index (χ1n) is 7.49. The second-order valence-corrected chi connectivity index (χ2v) is 6.11. The number of nitrogen functional groups attached to an aromatic ring is 1. The summed E-state index contributed by atoms with van der Waals surface area (Å²) in [6.45, 7) is 4.28. The number of nitrogens with one attached hydrogen (secondary N) is 1. The van der Waals surface area contributed by atoms with Crippen molar-refractivity contribution in [2.24, 2.45) is 0 Å². The molecule has 1 aromatic carbocycles. The van der Waals surface area contributed by atoms with Crippen LogP contribution < -0.4 is 11.1 Å². The maximum Gasteiger partial charge on any atom is 0.250 e. The molecule has 0 aromatic heterocycles. The lowest BCUT2D eigenvalue weighted by Gasteiger charge is -2.13. The molecule has 1 amide bonds. The molecule has 0 heterocycles. The quantitative estimate of drug-likeness (QED) is 0.510. The molecule has 0 aliphatic heterocycles. The third-order valence-electron chi connectivity index (χ3n) is 3.23. The molecular weight excluding hydrogens is 332 g/mol. The molecule has 0 radical (unpaired) electrons. The number of carbonyl (C=O) groups is 1. The van der Waals surface area contributed by atoms with E-state index in [1.165, 1.54) is 19.3 Å². The van der Waals surface area contributed by atoms with Gasteiger partial charge < -0.3 is 15.8 Å². The van der Waals surface area contributed by atoms with E-state index in [0.717, 1.165) is 17.3 Å². The Balaban J connectivity index is 2.27. The molecule has 5 heteroatoms. The Hall–Kier alpha value is -1.07. The average molecular weight is 357 g/mol. The SMILES string of the molecule is CCCCCCC(C)OCC(=O)Nc1ccc(N)cc1Br. The summed E-state index contributed by atoms with van der Waals surface area (Å²) in [5, 5.41) is 2.80. The molecule has 118 valence electrons. The lowest BCUT2D eigenvalue weighted by atomic mass is 10.1. The van der Waals surface area contributed by atoms with E-state index in [9.17, 15) is 4.79 Å². The molecule has 1 atom stereocenters. The number of hydrogen-bond acceptors (Lipinski definition) is 3. The van der Waals surface area contributed by atoms with Crippen molar-refractivity contribution in [2.45, 2.75) is 52.1 Å². The van der Waals surface area contributed by atoms with Crippen LogP contribution in [0.25, 0.3) is 0 Å². The van der Waals surface area contributed by atoms with Crippen molar-refractivity contribution in [3.8, 4) is 0 Å². The van der Waals surface area contributed by atoms with E-state index in [0.29, 0.717) is 11.4 Å². The minimum absolute atomic E-state index is 0.0752. The third-order valence-corrected chi connectivity index (χ3v) is 3.89.